The third-order valence-electron chi connectivity index (χ3n) is 6.66. The molecule has 1 aliphatic heterocycles. The first kappa shape index (κ1) is 19.4. The van der Waals surface area contributed by atoms with Crippen molar-refractivity contribution in [2.75, 3.05) is 37.6 Å². The molecular weight excluding hydrogens is 402 g/mol. The number of fused-ring (bicyclic) bond motifs is 2. The molecule has 8 heteroatoms. The second-order valence-electron chi connectivity index (χ2n) is 8.92. The third-order valence-corrected chi connectivity index (χ3v) is 6.66. The molecule has 1 aliphatic carbocycles. The molecule has 4 aromatic rings. The van der Waals surface area contributed by atoms with Gasteiger partial charge in [0.1, 0.15) is 11.3 Å². The van der Waals surface area contributed by atoms with Gasteiger partial charge in [0.2, 0.25) is 0 Å². The Morgan fingerprint density at radius 2 is 1.81 bits per heavy atom. The van der Waals surface area contributed by atoms with E-state index in [0.29, 0.717) is 23.0 Å². The number of nitrogens with zero attached hydrogens (tertiary/aromatic N) is 7. The van der Waals surface area contributed by atoms with E-state index in [9.17, 15) is 4.79 Å². The van der Waals surface area contributed by atoms with Gasteiger partial charge in [-0.25, -0.2) is 9.50 Å². The lowest BCUT2D eigenvalue weighted by Gasteiger charge is -2.35. The monoisotopic (exact) mass is 429 g/mol. The second-order valence-corrected chi connectivity index (χ2v) is 8.92. The molecule has 2 aliphatic rings. The molecule has 0 amide bonds. The molecular formula is C24H27N7O. The number of aromatic nitrogens is 5. The first-order valence-corrected chi connectivity index (χ1v) is 11.5. The molecule has 32 heavy (non-hydrogen) atoms. The minimum atomic E-state index is -0.0900. The number of aryl methyl sites for hydroxylation is 1. The Morgan fingerprint density at radius 1 is 1.00 bits per heavy atom. The Hall–Kier alpha value is -3.26. The predicted molar refractivity (Wildman–Crippen MR) is 124 cm³/mol. The fourth-order valence-electron chi connectivity index (χ4n) is 4.65. The molecule has 4 aromatic heterocycles. The normalized spacial score (nSPS) is 17.5. The van der Waals surface area contributed by atoms with Gasteiger partial charge in [0, 0.05) is 44.4 Å². The summed E-state index contributed by atoms with van der Waals surface area (Å²) in [6.07, 6.45) is 6.21. The zero-order valence-corrected chi connectivity index (χ0v) is 18.5. The van der Waals surface area contributed by atoms with Crippen LogP contribution in [0.25, 0.3) is 22.6 Å². The minimum absolute atomic E-state index is 0.0900. The summed E-state index contributed by atoms with van der Waals surface area (Å²) in [4.78, 5) is 27.3. The highest BCUT2D eigenvalue weighted by Gasteiger charge is 2.28. The Bertz CT molecular complexity index is 1380. The summed E-state index contributed by atoms with van der Waals surface area (Å²) >= 11 is 0. The first-order chi connectivity index (χ1) is 15.6. The Kier molecular flexibility index (Phi) is 4.50. The van der Waals surface area contributed by atoms with Crippen molar-refractivity contribution in [1.82, 2.24) is 28.9 Å². The predicted octanol–water partition coefficient (Wildman–Crippen LogP) is 2.73. The molecule has 0 radical (unpaired) electrons. The molecule has 1 saturated heterocycles. The Labute approximate surface area is 186 Å². The molecule has 8 nitrogen and oxygen atoms in total. The quantitative estimate of drug-likeness (QED) is 0.497. The average Bonchev–Trinajstić information content (AvgIpc) is 3.57. The highest BCUT2D eigenvalue weighted by molar-refractivity contribution is 5.67. The summed E-state index contributed by atoms with van der Waals surface area (Å²) in [5.41, 5.74) is 5.98. The van der Waals surface area contributed by atoms with Gasteiger partial charge in [-0.2, -0.15) is 5.10 Å². The van der Waals surface area contributed by atoms with Crippen LogP contribution >= 0.6 is 0 Å². The zero-order valence-electron chi connectivity index (χ0n) is 18.5. The summed E-state index contributed by atoms with van der Waals surface area (Å²) in [5.74, 6) is 0.523. The fraction of sp³-hybridized carbons (Fsp3) is 0.417. The van der Waals surface area contributed by atoms with Gasteiger partial charge in [0.15, 0.2) is 0 Å². The molecule has 5 heterocycles. The van der Waals surface area contributed by atoms with E-state index >= 15 is 0 Å². The van der Waals surface area contributed by atoms with Crippen molar-refractivity contribution in [2.45, 2.75) is 32.6 Å². The number of likely N-dealkylation sites (N-methyl/N-ethyl adjacent to an activating group) is 1. The topological polar surface area (TPSA) is 71.0 Å². The minimum Gasteiger partial charge on any atom is -0.368 e. The molecule has 0 spiro atoms. The number of hydrogen-bond acceptors (Lipinski definition) is 6. The fourth-order valence-corrected chi connectivity index (χ4v) is 4.65. The van der Waals surface area contributed by atoms with E-state index in [1.54, 1.807) is 10.5 Å². The van der Waals surface area contributed by atoms with E-state index in [0.717, 1.165) is 55.3 Å². The van der Waals surface area contributed by atoms with Crippen LogP contribution in [0, 0.1) is 6.92 Å². The van der Waals surface area contributed by atoms with Crippen LogP contribution in [0.3, 0.4) is 0 Å². The largest absolute Gasteiger partial charge is 0.368 e. The van der Waals surface area contributed by atoms with Crippen molar-refractivity contribution in [3.63, 3.8) is 0 Å². The molecule has 1 saturated carbocycles. The summed E-state index contributed by atoms with van der Waals surface area (Å²) < 4.78 is 3.52. The number of piperazine rings is 1. The molecule has 6 rings (SSSR count). The summed E-state index contributed by atoms with van der Waals surface area (Å²) in [6, 6.07) is 7.60. The highest BCUT2D eigenvalue weighted by atomic mass is 16.1. The summed E-state index contributed by atoms with van der Waals surface area (Å²) in [7, 11) is 0. The second kappa shape index (κ2) is 7.41. The average molecular weight is 430 g/mol. The third kappa shape index (κ3) is 3.35. The van der Waals surface area contributed by atoms with E-state index in [1.807, 2.05) is 36.0 Å². The van der Waals surface area contributed by atoms with Gasteiger partial charge in [-0.05, 0) is 44.5 Å². The van der Waals surface area contributed by atoms with Crippen LogP contribution in [0.4, 0.5) is 5.69 Å². The molecule has 0 bridgehead atoms. The van der Waals surface area contributed by atoms with Gasteiger partial charge in [-0.15, -0.1) is 0 Å². The number of pyridine rings is 1. The van der Waals surface area contributed by atoms with Crippen molar-refractivity contribution >= 4 is 16.9 Å². The lowest BCUT2D eigenvalue weighted by Crippen LogP contribution is -2.46. The van der Waals surface area contributed by atoms with Gasteiger partial charge in [0.05, 0.1) is 34.5 Å². The Balaban J connectivity index is 1.37. The van der Waals surface area contributed by atoms with E-state index in [-0.39, 0.29) is 5.56 Å². The van der Waals surface area contributed by atoms with Crippen LogP contribution < -0.4 is 10.5 Å². The number of rotatable bonds is 4. The van der Waals surface area contributed by atoms with Crippen LogP contribution in [-0.4, -0.2) is 61.6 Å². The van der Waals surface area contributed by atoms with Crippen LogP contribution in [0.5, 0.6) is 0 Å². The van der Waals surface area contributed by atoms with Crippen LogP contribution in [0.2, 0.25) is 0 Å². The lowest BCUT2D eigenvalue weighted by molar-refractivity contribution is 0.271. The highest BCUT2D eigenvalue weighted by Crippen LogP contribution is 2.41. The van der Waals surface area contributed by atoms with E-state index < -0.39 is 0 Å². The van der Waals surface area contributed by atoms with Crippen LogP contribution in [0.1, 0.15) is 37.1 Å². The van der Waals surface area contributed by atoms with E-state index in [4.69, 9.17) is 15.1 Å². The standard InChI is InChI=1S/C24H27N7O/c1-3-28-8-10-29(11-9-28)18-6-7-22-26-19(13-23(32)30(22)15-18)20-12-21-24(17-4-5-17)25-16(2)14-31(21)27-20/h6-7,12-15,17H,3-5,8-11H2,1-2H3. The molecule has 0 N–H and O–H groups in total. The molecule has 0 atom stereocenters. The van der Waals surface area contributed by atoms with Gasteiger partial charge in [-0.3, -0.25) is 14.2 Å². The first-order valence-electron chi connectivity index (χ1n) is 11.5. The van der Waals surface area contributed by atoms with Gasteiger partial charge >= 0.3 is 0 Å². The van der Waals surface area contributed by atoms with Gasteiger partial charge in [-0.1, -0.05) is 6.92 Å². The molecule has 2 fully saturated rings. The molecule has 0 unspecified atom stereocenters. The molecule has 0 aromatic carbocycles. The van der Waals surface area contributed by atoms with Crippen molar-refractivity contribution in [3.05, 3.63) is 58.4 Å². The SMILES string of the molecule is CCN1CCN(c2ccc3nc(-c4cc5c(C6CC6)nc(C)cn5n4)cc(=O)n3c2)CC1. The van der Waals surface area contributed by atoms with Crippen molar-refractivity contribution in [1.29, 1.82) is 0 Å². The summed E-state index contributed by atoms with van der Waals surface area (Å²) in [6.45, 7) is 9.31. The van der Waals surface area contributed by atoms with E-state index in [1.165, 1.54) is 12.8 Å². The van der Waals surface area contributed by atoms with Gasteiger partial charge in [0.25, 0.3) is 5.56 Å². The maximum atomic E-state index is 13.0. The van der Waals surface area contributed by atoms with E-state index in [2.05, 4.69) is 22.8 Å². The van der Waals surface area contributed by atoms with Crippen molar-refractivity contribution in [3.8, 4) is 11.4 Å². The summed E-state index contributed by atoms with van der Waals surface area (Å²) in [5, 5.41) is 4.72. The smallest absolute Gasteiger partial charge is 0.258 e. The maximum Gasteiger partial charge on any atom is 0.258 e. The maximum absolute atomic E-state index is 13.0. The van der Waals surface area contributed by atoms with Crippen LogP contribution in [0.15, 0.2) is 41.5 Å². The molecule has 164 valence electrons. The zero-order chi connectivity index (χ0) is 21.8. The Morgan fingerprint density at radius 3 is 2.56 bits per heavy atom. The lowest BCUT2D eigenvalue weighted by atomic mass is 10.2. The van der Waals surface area contributed by atoms with Crippen LogP contribution in [-0.2, 0) is 0 Å². The van der Waals surface area contributed by atoms with Crippen molar-refractivity contribution < 1.29 is 0 Å². The van der Waals surface area contributed by atoms with Gasteiger partial charge < -0.3 is 9.80 Å². The number of anilines is 1. The number of hydrogen-bond donors (Lipinski definition) is 0. The van der Waals surface area contributed by atoms with Crippen molar-refractivity contribution in [2.24, 2.45) is 0 Å².